The van der Waals surface area contributed by atoms with Gasteiger partial charge in [0.05, 0.1) is 12.7 Å². The van der Waals surface area contributed by atoms with Gasteiger partial charge < -0.3 is 9.64 Å². The summed E-state index contributed by atoms with van der Waals surface area (Å²) in [5, 5.41) is 0. The van der Waals surface area contributed by atoms with Gasteiger partial charge in [0, 0.05) is 32.6 Å². The molecule has 132 valence electrons. The molecule has 1 heterocycles. The molecule has 0 bridgehead atoms. The maximum Gasteiger partial charge on any atom is 0.224 e. The van der Waals surface area contributed by atoms with E-state index in [2.05, 4.69) is 18.7 Å². The van der Waals surface area contributed by atoms with E-state index >= 15 is 0 Å². The van der Waals surface area contributed by atoms with E-state index in [-0.39, 0.29) is 25.4 Å². The van der Waals surface area contributed by atoms with Crippen molar-refractivity contribution in [2.75, 3.05) is 39.8 Å². The third-order valence-corrected chi connectivity index (χ3v) is 4.14. The molecule has 4 heteroatoms. The van der Waals surface area contributed by atoms with Gasteiger partial charge in [-0.25, -0.2) is 0 Å². The summed E-state index contributed by atoms with van der Waals surface area (Å²) in [4.78, 5) is 16.2. The average molecular weight is 315 g/mol. The van der Waals surface area contributed by atoms with Gasteiger partial charge >= 0.3 is 0 Å². The van der Waals surface area contributed by atoms with Crippen molar-refractivity contribution in [3.05, 3.63) is 0 Å². The Labute approximate surface area is 138 Å². The maximum atomic E-state index is 11.9. The first-order valence-corrected chi connectivity index (χ1v) is 8.49. The summed E-state index contributed by atoms with van der Waals surface area (Å²) in [6.45, 7) is 13.3. The predicted octanol–water partition coefficient (Wildman–Crippen LogP) is 3.26. The molecule has 1 saturated heterocycles. The summed E-state index contributed by atoms with van der Waals surface area (Å²) < 4.78 is 5.85. The van der Waals surface area contributed by atoms with Gasteiger partial charge in [-0.15, -0.1) is 0 Å². The van der Waals surface area contributed by atoms with E-state index in [9.17, 15) is 4.79 Å². The number of hydrogen-bond donors (Lipinski definition) is 0. The molecule has 1 fully saturated rings. The topological polar surface area (TPSA) is 32.8 Å². The zero-order chi connectivity index (χ0) is 15.8. The first-order valence-electron chi connectivity index (χ1n) is 8.49. The summed E-state index contributed by atoms with van der Waals surface area (Å²) in [5.41, 5.74) is 0. The van der Waals surface area contributed by atoms with Gasteiger partial charge in [0.25, 0.3) is 0 Å². The van der Waals surface area contributed by atoms with Crippen molar-refractivity contribution in [2.24, 2.45) is 11.8 Å². The fraction of sp³-hybridized carbons (Fsp3) is 0.944. The molecule has 0 spiro atoms. The Morgan fingerprint density at radius 1 is 1.32 bits per heavy atom. The van der Waals surface area contributed by atoms with Crippen LogP contribution in [-0.2, 0) is 9.53 Å². The van der Waals surface area contributed by atoms with Gasteiger partial charge in [-0.05, 0) is 31.7 Å². The number of morpholine rings is 1. The SMILES string of the molecule is C.CC(C)CCCN1CCO[C@@H](CCN(C)C(=O)C(C)C)C1. The normalized spacial score (nSPS) is 19.3. The second-order valence-electron chi connectivity index (χ2n) is 7.03. The quantitative estimate of drug-likeness (QED) is 0.689. The zero-order valence-electron chi connectivity index (χ0n) is 14.6. The highest BCUT2D eigenvalue weighted by Gasteiger charge is 2.21. The second-order valence-corrected chi connectivity index (χ2v) is 7.03. The lowest BCUT2D eigenvalue weighted by molar-refractivity contribution is -0.133. The molecule has 1 rings (SSSR count). The van der Waals surface area contributed by atoms with E-state index in [0.29, 0.717) is 0 Å². The minimum atomic E-state index is 0. The van der Waals surface area contributed by atoms with Crippen molar-refractivity contribution in [3.63, 3.8) is 0 Å². The Morgan fingerprint density at radius 2 is 2.00 bits per heavy atom. The maximum absolute atomic E-state index is 11.9. The van der Waals surface area contributed by atoms with E-state index in [4.69, 9.17) is 4.74 Å². The summed E-state index contributed by atoms with van der Waals surface area (Å²) in [7, 11) is 1.89. The summed E-state index contributed by atoms with van der Waals surface area (Å²) in [6, 6.07) is 0. The number of hydrogen-bond acceptors (Lipinski definition) is 3. The van der Waals surface area contributed by atoms with Crippen molar-refractivity contribution < 1.29 is 9.53 Å². The average Bonchev–Trinajstić information content (AvgIpc) is 2.44. The Bertz CT molecular complexity index is 305. The Balaban J connectivity index is 0.00000441. The molecule has 0 aromatic heterocycles. The minimum Gasteiger partial charge on any atom is -0.375 e. The molecule has 0 aliphatic carbocycles. The Kier molecular flexibility index (Phi) is 10.7. The Hall–Kier alpha value is -0.610. The van der Waals surface area contributed by atoms with Crippen molar-refractivity contribution in [1.82, 2.24) is 9.80 Å². The van der Waals surface area contributed by atoms with Crippen LogP contribution in [0.4, 0.5) is 0 Å². The molecule has 1 aliphatic heterocycles. The van der Waals surface area contributed by atoms with Gasteiger partial charge in [-0.2, -0.15) is 0 Å². The molecule has 0 N–H and O–H groups in total. The molecule has 0 unspecified atom stereocenters. The number of rotatable bonds is 8. The van der Waals surface area contributed by atoms with Crippen LogP contribution in [-0.4, -0.2) is 61.6 Å². The third-order valence-electron chi connectivity index (χ3n) is 4.14. The van der Waals surface area contributed by atoms with Crippen LogP contribution >= 0.6 is 0 Å². The van der Waals surface area contributed by atoms with Gasteiger partial charge in [0.1, 0.15) is 0 Å². The van der Waals surface area contributed by atoms with Gasteiger partial charge in [-0.1, -0.05) is 35.1 Å². The van der Waals surface area contributed by atoms with Crippen LogP contribution in [0.5, 0.6) is 0 Å². The van der Waals surface area contributed by atoms with Crippen LogP contribution in [0.3, 0.4) is 0 Å². The highest BCUT2D eigenvalue weighted by atomic mass is 16.5. The smallest absolute Gasteiger partial charge is 0.224 e. The fourth-order valence-electron chi connectivity index (χ4n) is 2.77. The van der Waals surface area contributed by atoms with E-state index in [0.717, 1.165) is 38.6 Å². The van der Waals surface area contributed by atoms with E-state index in [1.807, 2.05) is 25.8 Å². The van der Waals surface area contributed by atoms with Crippen molar-refractivity contribution >= 4 is 5.91 Å². The first kappa shape index (κ1) is 21.4. The lowest BCUT2D eigenvalue weighted by Crippen LogP contribution is -2.44. The lowest BCUT2D eigenvalue weighted by atomic mass is 10.1. The molecular weight excluding hydrogens is 276 g/mol. The van der Waals surface area contributed by atoms with Crippen molar-refractivity contribution in [2.45, 2.75) is 60.5 Å². The fourth-order valence-corrected chi connectivity index (χ4v) is 2.77. The first-order chi connectivity index (χ1) is 9.90. The zero-order valence-corrected chi connectivity index (χ0v) is 14.6. The number of carbonyl (C=O) groups is 1. The van der Waals surface area contributed by atoms with Crippen LogP contribution < -0.4 is 0 Å². The number of nitrogens with zero attached hydrogens (tertiary/aromatic N) is 2. The molecule has 1 amide bonds. The summed E-state index contributed by atoms with van der Waals surface area (Å²) in [5.74, 6) is 1.09. The predicted molar refractivity (Wildman–Crippen MR) is 94.1 cm³/mol. The molecule has 0 aromatic rings. The van der Waals surface area contributed by atoms with E-state index < -0.39 is 0 Å². The monoisotopic (exact) mass is 314 g/mol. The van der Waals surface area contributed by atoms with E-state index in [1.165, 1.54) is 19.4 Å². The van der Waals surface area contributed by atoms with Crippen LogP contribution in [0, 0.1) is 11.8 Å². The van der Waals surface area contributed by atoms with Gasteiger partial charge in [-0.3, -0.25) is 9.69 Å². The third kappa shape index (κ3) is 8.14. The minimum absolute atomic E-state index is 0. The number of amides is 1. The standard InChI is InChI=1S/C17H34N2O2.CH4/c1-14(2)7-6-9-19-11-12-21-16(13-19)8-10-18(5)17(20)15(3)4;/h14-16H,6-13H2,1-5H3;1H4/t16-;/m0./s1. The van der Waals surface area contributed by atoms with Gasteiger partial charge in [0.2, 0.25) is 5.91 Å². The molecule has 0 saturated carbocycles. The summed E-state index contributed by atoms with van der Waals surface area (Å²) >= 11 is 0. The molecule has 4 nitrogen and oxygen atoms in total. The summed E-state index contributed by atoms with van der Waals surface area (Å²) in [6.07, 6.45) is 3.79. The molecule has 0 radical (unpaired) electrons. The highest BCUT2D eigenvalue weighted by Crippen LogP contribution is 2.12. The number of carbonyl (C=O) groups excluding carboxylic acids is 1. The Morgan fingerprint density at radius 3 is 2.59 bits per heavy atom. The van der Waals surface area contributed by atoms with Crippen LogP contribution in [0.25, 0.3) is 0 Å². The van der Waals surface area contributed by atoms with Crippen LogP contribution in [0.2, 0.25) is 0 Å². The number of ether oxygens (including phenoxy) is 1. The van der Waals surface area contributed by atoms with Gasteiger partial charge in [0.15, 0.2) is 0 Å². The van der Waals surface area contributed by atoms with E-state index in [1.54, 1.807) is 0 Å². The van der Waals surface area contributed by atoms with Crippen molar-refractivity contribution in [3.8, 4) is 0 Å². The second kappa shape index (κ2) is 11.0. The lowest BCUT2D eigenvalue weighted by Gasteiger charge is -2.34. The molecular formula is C18H38N2O2. The van der Waals surface area contributed by atoms with Crippen LogP contribution in [0.1, 0.15) is 54.4 Å². The van der Waals surface area contributed by atoms with Crippen LogP contribution in [0.15, 0.2) is 0 Å². The van der Waals surface area contributed by atoms with Crippen molar-refractivity contribution in [1.29, 1.82) is 0 Å². The molecule has 1 aliphatic rings. The highest BCUT2D eigenvalue weighted by molar-refractivity contribution is 5.77. The largest absolute Gasteiger partial charge is 0.375 e. The molecule has 1 atom stereocenters. The molecule has 0 aromatic carbocycles. The molecule has 22 heavy (non-hydrogen) atoms.